The molecule has 1 atom stereocenters. The lowest BCUT2D eigenvalue weighted by atomic mass is 10.0. The Hall–Kier alpha value is -2.10. The number of halogens is 5. The molecule has 1 aromatic heterocycles. The molecule has 0 spiro atoms. The van der Waals surface area contributed by atoms with Crippen molar-refractivity contribution in [1.82, 2.24) is 20.3 Å². The van der Waals surface area contributed by atoms with Gasteiger partial charge in [-0.1, -0.05) is 49.5 Å². The SMILES string of the molecule is C=IC1=CC(Cl)CC=C1c1nc(N2CCC(NN(O)OC)CC2)cc(=O)n1C1=CC=C(C(F)(F)F)CC=C1. The predicted octanol–water partition coefficient (Wildman–Crippen LogP) is 4.94. The van der Waals surface area contributed by atoms with Gasteiger partial charge >= 0.3 is 6.18 Å². The molecule has 2 heterocycles. The van der Waals surface area contributed by atoms with Crippen LogP contribution in [-0.2, 0) is 4.84 Å². The summed E-state index contributed by atoms with van der Waals surface area (Å²) in [5, 5.41) is 9.91. The van der Waals surface area contributed by atoms with Crippen LogP contribution in [0, 0.1) is 0 Å². The first-order valence-corrected chi connectivity index (χ1v) is 14.9. The van der Waals surface area contributed by atoms with E-state index in [-0.39, 0.29) is 17.8 Å². The van der Waals surface area contributed by atoms with E-state index in [4.69, 9.17) is 21.4 Å². The van der Waals surface area contributed by atoms with E-state index >= 15 is 0 Å². The van der Waals surface area contributed by atoms with Crippen LogP contribution in [0.2, 0.25) is 0 Å². The average molecular weight is 666 g/mol. The highest BCUT2D eigenvalue weighted by atomic mass is 127. The molecule has 0 radical (unpaired) electrons. The van der Waals surface area contributed by atoms with E-state index in [9.17, 15) is 23.2 Å². The van der Waals surface area contributed by atoms with Crippen molar-refractivity contribution >= 4 is 53.9 Å². The van der Waals surface area contributed by atoms with Crippen LogP contribution in [0.3, 0.4) is 0 Å². The third-order valence-corrected chi connectivity index (χ3v) is 8.48. The molecule has 13 heteroatoms. The number of allylic oxidation sites excluding steroid dienone is 10. The van der Waals surface area contributed by atoms with E-state index in [1.807, 2.05) is 17.1 Å². The van der Waals surface area contributed by atoms with Gasteiger partial charge < -0.3 is 4.90 Å². The lowest BCUT2D eigenvalue weighted by Gasteiger charge is -2.34. The van der Waals surface area contributed by atoms with Gasteiger partial charge in [-0.15, -0.1) is 11.6 Å². The Morgan fingerprint density at radius 3 is 2.71 bits per heavy atom. The Labute approximate surface area is 233 Å². The number of anilines is 1. The standard InChI is InChI=1S/C25H28ClF3IN5O3/c1-30-21-14-17(26)7-9-20(21)24-31-22(33-12-10-18(11-13-33)32-35(37)38-2)15-23(36)34(24)19-5-3-4-16(6-8-19)25(27,28)29/h3,5-6,8-9,14-15,17-18,32,37H,1,4,7,10-13H2,2H3. The van der Waals surface area contributed by atoms with E-state index < -0.39 is 38.0 Å². The van der Waals surface area contributed by atoms with Crippen LogP contribution in [0.25, 0.3) is 11.3 Å². The molecular weight excluding hydrogens is 638 g/mol. The summed E-state index contributed by atoms with van der Waals surface area (Å²) in [6.07, 6.45) is 6.19. The van der Waals surface area contributed by atoms with Crippen molar-refractivity contribution in [3.63, 3.8) is 0 Å². The summed E-state index contributed by atoms with van der Waals surface area (Å²) in [6.45, 7) is 1.14. The first-order chi connectivity index (χ1) is 18.1. The van der Waals surface area contributed by atoms with Crippen molar-refractivity contribution < 1.29 is 23.2 Å². The quantitative estimate of drug-likeness (QED) is 0.243. The lowest BCUT2D eigenvalue weighted by Crippen LogP contribution is -2.48. The van der Waals surface area contributed by atoms with Crippen LogP contribution in [0.5, 0.6) is 0 Å². The molecule has 1 fully saturated rings. The molecule has 206 valence electrons. The first-order valence-electron chi connectivity index (χ1n) is 11.9. The Bertz CT molecular complexity index is 1280. The number of nitrogens with one attached hydrogen (secondary N) is 1. The maximum Gasteiger partial charge on any atom is 0.412 e. The van der Waals surface area contributed by atoms with Crippen molar-refractivity contribution in [2.45, 2.75) is 43.3 Å². The summed E-state index contributed by atoms with van der Waals surface area (Å²) in [4.78, 5) is 25.1. The van der Waals surface area contributed by atoms with E-state index in [0.717, 1.165) is 15.2 Å². The summed E-state index contributed by atoms with van der Waals surface area (Å²) in [7, 11) is 1.34. The van der Waals surface area contributed by atoms with Crippen molar-refractivity contribution in [2.75, 3.05) is 25.1 Å². The van der Waals surface area contributed by atoms with Crippen molar-refractivity contribution in [3.8, 4) is 0 Å². The van der Waals surface area contributed by atoms with Crippen molar-refractivity contribution in [3.05, 3.63) is 67.9 Å². The normalized spacial score (nSPS) is 21.1. The summed E-state index contributed by atoms with van der Waals surface area (Å²) in [5.74, 6) is 0.833. The average Bonchev–Trinajstić information content (AvgIpc) is 3.15. The molecule has 1 saturated heterocycles. The molecule has 0 saturated carbocycles. The van der Waals surface area contributed by atoms with E-state index in [0.29, 0.717) is 55.0 Å². The number of piperidine rings is 1. The summed E-state index contributed by atoms with van der Waals surface area (Å²) >= 11 is 5.68. The third-order valence-electron chi connectivity index (χ3n) is 6.41. The third kappa shape index (κ3) is 6.72. The minimum Gasteiger partial charge on any atom is -0.356 e. The number of alkyl halides is 4. The van der Waals surface area contributed by atoms with E-state index in [1.54, 1.807) is 0 Å². The van der Waals surface area contributed by atoms with Gasteiger partial charge in [0.1, 0.15) is 5.82 Å². The number of aromatic nitrogens is 2. The lowest BCUT2D eigenvalue weighted by molar-refractivity contribution is -0.364. The zero-order chi connectivity index (χ0) is 27.4. The largest absolute Gasteiger partial charge is 0.412 e. The number of hydrogen-bond donors (Lipinski definition) is 2. The molecule has 0 amide bonds. The van der Waals surface area contributed by atoms with Crippen LogP contribution in [0.1, 0.15) is 31.5 Å². The maximum absolute atomic E-state index is 13.6. The molecule has 2 N–H and O–H groups in total. The topological polar surface area (TPSA) is 82.9 Å². The summed E-state index contributed by atoms with van der Waals surface area (Å²) in [5.41, 5.74) is 2.76. The molecule has 8 nitrogen and oxygen atoms in total. The van der Waals surface area contributed by atoms with Crippen LogP contribution in [0.4, 0.5) is 19.0 Å². The van der Waals surface area contributed by atoms with Crippen LogP contribution in [0.15, 0.2) is 56.5 Å². The minimum absolute atomic E-state index is 0.0286. The highest BCUT2D eigenvalue weighted by Crippen LogP contribution is 2.37. The molecule has 1 unspecified atom stereocenters. The van der Waals surface area contributed by atoms with Gasteiger partial charge in [0.15, 0.2) is 5.82 Å². The van der Waals surface area contributed by atoms with Gasteiger partial charge in [0.2, 0.25) is 0 Å². The highest BCUT2D eigenvalue weighted by molar-refractivity contribution is 14.2. The highest BCUT2D eigenvalue weighted by Gasteiger charge is 2.33. The van der Waals surface area contributed by atoms with Gasteiger partial charge in [-0.2, -0.15) is 13.2 Å². The number of hydrogen-bond acceptors (Lipinski definition) is 7. The van der Waals surface area contributed by atoms with Gasteiger partial charge in [0.05, 0.1) is 18.2 Å². The van der Waals surface area contributed by atoms with Crippen LogP contribution >= 0.6 is 32.3 Å². The second kappa shape index (κ2) is 12.4. The van der Waals surface area contributed by atoms with Crippen molar-refractivity contribution in [1.29, 1.82) is 0 Å². The van der Waals surface area contributed by atoms with E-state index in [2.05, 4.69) is 9.94 Å². The maximum atomic E-state index is 13.6. The fraction of sp³-hybridized carbons (Fsp3) is 0.400. The molecule has 1 aliphatic heterocycles. The minimum atomic E-state index is -4.46. The zero-order valence-electron chi connectivity index (χ0n) is 20.6. The zero-order valence-corrected chi connectivity index (χ0v) is 23.5. The molecule has 1 aromatic rings. The Morgan fingerprint density at radius 1 is 1.32 bits per heavy atom. The van der Waals surface area contributed by atoms with Crippen LogP contribution < -0.4 is 15.9 Å². The molecule has 4 rings (SSSR count). The number of rotatable bonds is 7. The van der Waals surface area contributed by atoms with Gasteiger partial charge in [-0.25, -0.2) is 10.4 Å². The first kappa shape index (κ1) is 28.9. The smallest absolute Gasteiger partial charge is 0.356 e. The molecule has 0 aromatic carbocycles. The Balaban J connectivity index is 1.76. The molecule has 38 heavy (non-hydrogen) atoms. The predicted molar refractivity (Wildman–Crippen MR) is 151 cm³/mol. The van der Waals surface area contributed by atoms with Gasteiger partial charge in [-0.05, 0) is 37.8 Å². The van der Waals surface area contributed by atoms with Crippen molar-refractivity contribution in [2.24, 2.45) is 0 Å². The summed E-state index contributed by atoms with van der Waals surface area (Å²) in [6, 6.07) is 1.38. The van der Waals surface area contributed by atoms with Gasteiger partial charge in [0.25, 0.3) is 5.56 Å². The monoisotopic (exact) mass is 665 g/mol. The molecule has 0 bridgehead atoms. The van der Waals surface area contributed by atoms with E-state index in [1.165, 1.54) is 36.0 Å². The number of hydrazine groups is 1. The Morgan fingerprint density at radius 2 is 2.05 bits per heavy atom. The Kier molecular flexibility index (Phi) is 9.42. The fourth-order valence-electron chi connectivity index (χ4n) is 4.44. The second-order valence-electron chi connectivity index (χ2n) is 8.86. The summed E-state index contributed by atoms with van der Waals surface area (Å²) < 4.78 is 46.4. The van der Waals surface area contributed by atoms with Gasteiger partial charge in [0, 0.05) is 45.3 Å². The fourth-order valence-corrected chi connectivity index (χ4v) is 6.43. The van der Waals surface area contributed by atoms with Crippen LogP contribution in [-0.4, -0.2) is 62.4 Å². The second-order valence-corrected chi connectivity index (χ2v) is 11.3. The van der Waals surface area contributed by atoms with Gasteiger partial charge in [-0.3, -0.25) is 19.4 Å². The number of nitrogens with zero attached hydrogens (tertiary/aromatic N) is 4. The molecular formula is C25H28ClF3IN5O3. The molecule has 3 aliphatic rings. The molecule has 2 aliphatic carbocycles.